The van der Waals surface area contributed by atoms with Crippen molar-refractivity contribution in [3.05, 3.63) is 59.7 Å². The largest absolute Gasteiger partial charge is 0.484 e. The zero-order valence-electron chi connectivity index (χ0n) is 13.4. The summed E-state index contributed by atoms with van der Waals surface area (Å²) in [6, 6.07) is 8.47. The van der Waals surface area contributed by atoms with Gasteiger partial charge in [0, 0.05) is 12.0 Å². The highest BCUT2D eigenvalue weighted by Gasteiger charge is 2.28. The minimum Gasteiger partial charge on any atom is -0.484 e. The van der Waals surface area contributed by atoms with Crippen LogP contribution in [0.2, 0.25) is 0 Å². The van der Waals surface area contributed by atoms with Crippen LogP contribution < -0.4 is 10.2 Å². The van der Waals surface area contributed by atoms with Crippen molar-refractivity contribution < 1.29 is 26.7 Å². The second-order valence-electron chi connectivity index (χ2n) is 5.55. The summed E-state index contributed by atoms with van der Waals surface area (Å²) in [6.45, 7) is -0.364. The molecule has 136 valence electrons. The van der Waals surface area contributed by atoms with E-state index in [2.05, 4.69) is 10.5 Å². The lowest BCUT2D eigenvalue weighted by Crippen LogP contribution is -2.28. The van der Waals surface area contributed by atoms with Crippen LogP contribution in [0.3, 0.4) is 0 Å². The lowest BCUT2D eigenvalue weighted by atomic mass is 10.1. The van der Waals surface area contributed by atoms with Gasteiger partial charge in [-0.05, 0) is 42.5 Å². The topological polar surface area (TPSA) is 84.8 Å². The Labute approximate surface area is 148 Å². The Morgan fingerprint density at radius 2 is 1.81 bits per heavy atom. The lowest BCUT2D eigenvalue weighted by Gasteiger charge is -2.18. The molecule has 0 unspecified atom stereocenters. The summed E-state index contributed by atoms with van der Waals surface area (Å²) in [5.74, 6) is -1.48. The van der Waals surface area contributed by atoms with Crippen LogP contribution >= 0.6 is 0 Å². The van der Waals surface area contributed by atoms with E-state index in [-0.39, 0.29) is 35.0 Å². The Balaban J connectivity index is 1.69. The number of sulfone groups is 1. The quantitative estimate of drug-likeness (QED) is 0.650. The number of fused-ring (bicyclic) bond motifs is 1. The number of hydrogen-bond acceptors (Lipinski definition) is 5. The third kappa shape index (κ3) is 4.05. The number of nitrogens with zero attached hydrogens (tertiary/aromatic N) is 1. The summed E-state index contributed by atoms with van der Waals surface area (Å²) < 4.78 is 55.5. The van der Waals surface area contributed by atoms with Crippen molar-refractivity contribution in [3.63, 3.8) is 0 Å². The van der Waals surface area contributed by atoms with E-state index in [1.165, 1.54) is 30.3 Å². The van der Waals surface area contributed by atoms with E-state index in [0.717, 1.165) is 12.1 Å². The van der Waals surface area contributed by atoms with Crippen molar-refractivity contribution in [1.82, 2.24) is 5.43 Å². The summed E-state index contributed by atoms with van der Waals surface area (Å²) in [4.78, 5) is 11.8. The van der Waals surface area contributed by atoms with Gasteiger partial charge in [-0.3, -0.25) is 4.79 Å². The van der Waals surface area contributed by atoms with Gasteiger partial charge in [0.2, 0.25) is 0 Å². The van der Waals surface area contributed by atoms with Crippen LogP contribution in [0.15, 0.2) is 52.5 Å². The van der Waals surface area contributed by atoms with Crippen LogP contribution in [0.1, 0.15) is 12.0 Å². The monoisotopic (exact) mass is 380 g/mol. The van der Waals surface area contributed by atoms with Gasteiger partial charge < -0.3 is 4.74 Å². The number of hydrazone groups is 1. The first-order chi connectivity index (χ1) is 12.3. The molecule has 1 heterocycles. The number of rotatable bonds is 4. The van der Waals surface area contributed by atoms with E-state index in [9.17, 15) is 22.0 Å². The molecule has 1 N–H and O–H groups in total. The number of carbonyl (C=O) groups is 1. The Morgan fingerprint density at radius 1 is 1.12 bits per heavy atom. The Morgan fingerprint density at radius 3 is 2.54 bits per heavy atom. The molecule has 2 aromatic rings. The predicted molar refractivity (Wildman–Crippen MR) is 89.6 cm³/mol. The maximum Gasteiger partial charge on any atom is 0.277 e. The van der Waals surface area contributed by atoms with Crippen LogP contribution in [-0.2, 0) is 14.6 Å². The number of benzene rings is 2. The molecule has 1 aliphatic heterocycles. The summed E-state index contributed by atoms with van der Waals surface area (Å²) >= 11 is 0. The molecule has 0 radical (unpaired) electrons. The molecule has 0 bridgehead atoms. The summed E-state index contributed by atoms with van der Waals surface area (Å²) in [5.41, 5.74) is 2.66. The molecule has 26 heavy (non-hydrogen) atoms. The van der Waals surface area contributed by atoms with Gasteiger partial charge in [0.25, 0.3) is 5.91 Å². The SMILES string of the molecule is O=C(COc1ccc(F)cc1)N/N=C1/CCS(=O)(=O)c2ccc(F)cc21. The molecule has 6 nitrogen and oxygen atoms in total. The van der Waals surface area contributed by atoms with Crippen molar-refractivity contribution in [1.29, 1.82) is 0 Å². The van der Waals surface area contributed by atoms with Crippen molar-refractivity contribution in [2.24, 2.45) is 5.10 Å². The van der Waals surface area contributed by atoms with Gasteiger partial charge in [0.1, 0.15) is 17.4 Å². The smallest absolute Gasteiger partial charge is 0.277 e. The minimum atomic E-state index is -3.50. The number of amides is 1. The van der Waals surface area contributed by atoms with Crippen molar-refractivity contribution >= 4 is 21.5 Å². The average Bonchev–Trinajstić information content (AvgIpc) is 2.60. The molecular weight excluding hydrogens is 366 g/mol. The fourth-order valence-electron chi connectivity index (χ4n) is 2.43. The normalized spacial score (nSPS) is 16.8. The predicted octanol–water partition coefficient (Wildman–Crippen LogP) is 2.04. The zero-order valence-corrected chi connectivity index (χ0v) is 14.2. The van der Waals surface area contributed by atoms with Gasteiger partial charge in [0.05, 0.1) is 16.4 Å². The van der Waals surface area contributed by atoms with Gasteiger partial charge in [-0.15, -0.1) is 0 Å². The van der Waals surface area contributed by atoms with Gasteiger partial charge in [-0.2, -0.15) is 5.10 Å². The average molecular weight is 380 g/mol. The number of hydrogen-bond donors (Lipinski definition) is 1. The molecule has 2 aromatic carbocycles. The number of carbonyl (C=O) groups excluding carboxylic acids is 1. The number of ether oxygens (including phenoxy) is 1. The molecule has 3 rings (SSSR count). The standard InChI is InChI=1S/C17H14F2N2O4S/c18-11-1-4-13(5-2-11)25-10-17(22)21-20-15-7-8-26(23,24)16-6-3-12(19)9-14(15)16/h1-6,9H,7-8,10H2,(H,21,22)/b20-15-. The molecular formula is C17H14F2N2O4S. The first-order valence-electron chi connectivity index (χ1n) is 7.61. The van der Waals surface area contributed by atoms with Crippen molar-refractivity contribution in [3.8, 4) is 5.75 Å². The zero-order chi connectivity index (χ0) is 18.7. The van der Waals surface area contributed by atoms with Crippen LogP contribution in [-0.4, -0.2) is 32.4 Å². The van der Waals surface area contributed by atoms with Crippen molar-refractivity contribution in [2.75, 3.05) is 12.4 Å². The summed E-state index contributed by atoms with van der Waals surface area (Å²) in [5, 5.41) is 3.90. The Hall–Kier alpha value is -2.81. The summed E-state index contributed by atoms with van der Waals surface area (Å²) in [6.07, 6.45) is 0.0535. The highest BCUT2D eigenvalue weighted by Crippen LogP contribution is 2.26. The lowest BCUT2D eigenvalue weighted by molar-refractivity contribution is -0.123. The van der Waals surface area contributed by atoms with Crippen LogP contribution in [0.25, 0.3) is 0 Å². The van der Waals surface area contributed by atoms with Gasteiger partial charge in [-0.1, -0.05) is 0 Å². The first-order valence-corrected chi connectivity index (χ1v) is 9.27. The molecule has 0 aromatic heterocycles. The minimum absolute atomic E-state index is 0.0132. The molecule has 0 saturated heterocycles. The fraction of sp³-hybridized carbons (Fsp3) is 0.176. The van der Waals surface area contributed by atoms with Crippen LogP contribution in [0.5, 0.6) is 5.75 Å². The second-order valence-corrected chi connectivity index (χ2v) is 7.62. The maximum atomic E-state index is 13.5. The van der Waals surface area contributed by atoms with Crippen molar-refractivity contribution in [2.45, 2.75) is 11.3 Å². The molecule has 0 atom stereocenters. The number of nitrogens with one attached hydrogen (secondary N) is 1. The fourth-order valence-corrected chi connectivity index (χ4v) is 3.90. The van der Waals surface area contributed by atoms with E-state index in [0.29, 0.717) is 5.75 Å². The second kappa shape index (κ2) is 7.20. The molecule has 9 heteroatoms. The molecule has 0 aliphatic carbocycles. The third-order valence-electron chi connectivity index (χ3n) is 3.69. The van der Waals surface area contributed by atoms with Crippen LogP contribution in [0, 0.1) is 11.6 Å². The Bertz CT molecular complexity index is 973. The molecule has 0 fully saturated rings. The van der Waals surface area contributed by atoms with E-state index in [1.54, 1.807) is 0 Å². The molecule has 1 aliphatic rings. The van der Waals surface area contributed by atoms with Gasteiger partial charge >= 0.3 is 0 Å². The maximum absolute atomic E-state index is 13.5. The third-order valence-corrected chi connectivity index (χ3v) is 5.46. The van der Waals surface area contributed by atoms with E-state index in [4.69, 9.17) is 4.74 Å². The van der Waals surface area contributed by atoms with E-state index < -0.39 is 27.4 Å². The van der Waals surface area contributed by atoms with Crippen LogP contribution in [0.4, 0.5) is 8.78 Å². The first kappa shape index (κ1) is 18.0. The van der Waals surface area contributed by atoms with Gasteiger partial charge in [0.15, 0.2) is 16.4 Å². The molecule has 0 spiro atoms. The molecule has 1 amide bonds. The number of halogens is 2. The van der Waals surface area contributed by atoms with E-state index in [1.807, 2.05) is 0 Å². The van der Waals surface area contributed by atoms with Gasteiger partial charge in [-0.25, -0.2) is 22.6 Å². The molecule has 0 saturated carbocycles. The Kier molecular flexibility index (Phi) is 4.99. The van der Waals surface area contributed by atoms with E-state index >= 15 is 0 Å². The highest BCUT2D eigenvalue weighted by atomic mass is 32.2. The summed E-state index contributed by atoms with van der Waals surface area (Å²) in [7, 11) is -3.50. The highest BCUT2D eigenvalue weighted by molar-refractivity contribution is 7.91.